The fourth-order valence-corrected chi connectivity index (χ4v) is 3.45. The van der Waals surface area contributed by atoms with Crippen LogP contribution in [-0.2, 0) is 14.8 Å². The van der Waals surface area contributed by atoms with E-state index in [2.05, 4.69) is 4.98 Å². The molecule has 0 aromatic carbocycles. The summed E-state index contributed by atoms with van der Waals surface area (Å²) in [7, 11) is -3.20. The minimum Gasteiger partial charge on any atom is -0.378 e. The number of nitrogens with zero attached hydrogens (tertiary/aromatic N) is 2. The number of aryl methyl sites for hydroxylation is 1. The van der Waals surface area contributed by atoms with Crippen molar-refractivity contribution in [2.24, 2.45) is 0 Å². The van der Waals surface area contributed by atoms with E-state index in [0.717, 1.165) is 10.7 Å². The highest BCUT2D eigenvalue weighted by Crippen LogP contribution is 2.27. The van der Waals surface area contributed by atoms with Crippen molar-refractivity contribution < 1.29 is 13.2 Å². The minimum absolute atomic E-state index is 0.270. The van der Waals surface area contributed by atoms with E-state index in [4.69, 9.17) is 4.74 Å². The van der Waals surface area contributed by atoms with Gasteiger partial charge in [-0.25, -0.2) is 13.4 Å². The van der Waals surface area contributed by atoms with Gasteiger partial charge < -0.3 is 4.74 Å². The molecule has 1 fully saturated rings. The molecule has 1 aromatic heterocycles. The van der Waals surface area contributed by atoms with Crippen LogP contribution in [0, 0.1) is 6.92 Å². The summed E-state index contributed by atoms with van der Waals surface area (Å²) in [6.07, 6.45) is 1.23. The van der Waals surface area contributed by atoms with Crippen LogP contribution in [0.25, 0.3) is 0 Å². The first kappa shape index (κ1) is 12.0. The molecule has 0 aliphatic carbocycles. The van der Waals surface area contributed by atoms with Crippen LogP contribution in [0.4, 0.5) is 0 Å². The molecule has 1 aliphatic heterocycles. The van der Waals surface area contributed by atoms with E-state index in [9.17, 15) is 8.42 Å². The first-order valence-electron chi connectivity index (χ1n) is 4.95. The van der Waals surface area contributed by atoms with Crippen molar-refractivity contribution in [1.82, 2.24) is 9.29 Å². The van der Waals surface area contributed by atoms with Gasteiger partial charge in [0, 0.05) is 11.9 Å². The Morgan fingerprint density at radius 1 is 1.62 bits per heavy atom. The maximum absolute atomic E-state index is 11.6. The second-order valence-electron chi connectivity index (χ2n) is 3.76. The Kier molecular flexibility index (Phi) is 3.29. The zero-order chi connectivity index (χ0) is 11.8. The number of hydrogen-bond donors (Lipinski definition) is 0. The molecule has 1 unspecified atom stereocenters. The van der Waals surface area contributed by atoms with E-state index >= 15 is 0 Å². The van der Waals surface area contributed by atoms with Crippen LogP contribution >= 0.6 is 11.3 Å². The third-order valence-electron chi connectivity index (χ3n) is 2.48. The Hall–Kier alpha value is -0.500. The summed E-state index contributed by atoms with van der Waals surface area (Å²) >= 11 is 1.52. The van der Waals surface area contributed by atoms with Gasteiger partial charge in [0.1, 0.15) is 0 Å². The van der Waals surface area contributed by atoms with Crippen LogP contribution < -0.4 is 0 Å². The summed E-state index contributed by atoms with van der Waals surface area (Å²) < 4.78 is 30.0. The highest BCUT2D eigenvalue weighted by Gasteiger charge is 2.32. The third kappa shape index (κ3) is 2.42. The second kappa shape index (κ2) is 4.40. The number of thiazole rings is 1. The second-order valence-corrected chi connectivity index (χ2v) is 6.75. The summed E-state index contributed by atoms with van der Waals surface area (Å²) in [5.41, 5.74) is 0.785. The number of sulfonamides is 1. The fraction of sp³-hybridized carbons (Fsp3) is 0.667. The summed E-state index contributed by atoms with van der Waals surface area (Å²) in [6.45, 7) is 3.14. The molecule has 0 amide bonds. The predicted octanol–water partition coefficient (Wildman–Crippen LogP) is 0.784. The Morgan fingerprint density at radius 3 is 2.94 bits per heavy atom. The molecule has 16 heavy (non-hydrogen) atoms. The molecule has 2 rings (SSSR count). The quantitative estimate of drug-likeness (QED) is 0.790. The van der Waals surface area contributed by atoms with Gasteiger partial charge in [0.05, 0.1) is 36.2 Å². The van der Waals surface area contributed by atoms with Crippen molar-refractivity contribution in [3.63, 3.8) is 0 Å². The highest BCUT2D eigenvalue weighted by molar-refractivity contribution is 7.88. The topological polar surface area (TPSA) is 59.5 Å². The van der Waals surface area contributed by atoms with Crippen LogP contribution in [0.3, 0.4) is 0 Å². The lowest BCUT2D eigenvalue weighted by molar-refractivity contribution is 0.0311. The molecule has 7 heteroatoms. The first-order valence-corrected chi connectivity index (χ1v) is 7.68. The van der Waals surface area contributed by atoms with Gasteiger partial charge in [0.15, 0.2) is 0 Å². The lowest BCUT2D eigenvalue weighted by atomic mass is 10.2. The Balaban J connectivity index is 2.30. The molecular formula is C9H14N2O3S2. The van der Waals surface area contributed by atoms with E-state index < -0.39 is 10.0 Å². The van der Waals surface area contributed by atoms with E-state index in [1.165, 1.54) is 21.9 Å². The molecule has 0 saturated carbocycles. The summed E-state index contributed by atoms with van der Waals surface area (Å²) in [5.74, 6) is 0. The Morgan fingerprint density at radius 2 is 2.38 bits per heavy atom. The van der Waals surface area contributed by atoms with Gasteiger partial charge in [-0.15, -0.1) is 11.3 Å². The fourth-order valence-electron chi connectivity index (χ4n) is 1.75. The van der Waals surface area contributed by atoms with Gasteiger partial charge in [-0.3, -0.25) is 0 Å². The smallest absolute Gasteiger partial charge is 0.211 e. The van der Waals surface area contributed by atoms with Crippen LogP contribution in [0.2, 0.25) is 0 Å². The summed E-state index contributed by atoms with van der Waals surface area (Å²) in [5, 5.41) is 2.83. The highest BCUT2D eigenvalue weighted by atomic mass is 32.2. The van der Waals surface area contributed by atoms with Crippen LogP contribution in [-0.4, -0.2) is 43.7 Å². The van der Waals surface area contributed by atoms with Gasteiger partial charge >= 0.3 is 0 Å². The van der Waals surface area contributed by atoms with Crippen LogP contribution in [0.5, 0.6) is 0 Å². The number of morpholine rings is 1. The first-order chi connectivity index (χ1) is 7.48. The van der Waals surface area contributed by atoms with Crippen LogP contribution in [0.1, 0.15) is 16.7 Å². The zero-order valence-corrected chi connectivity index (χ0v) is 10.8. The van der Waals surface area contributed by atoms with E-state index in [-0.39, 0.29) is 6.04 Å². The molecule has 1 saturated heterocycles. The average Bonchev–Trinajstić information content (AvgIpc) is 2.64. The SMILES string of the molecule is Cc1nc(C2COCCN2S(C)(=O)=O)cs1. The Labute approximate surface area is 99.1 Å². The normalized spacial score (nSPS) is 23.5. The molecule has 90 valence electrons. The summed E-state index contributed by atoms with van der Waals surface area (Å²) in [4.78, 5) is 4.33. The van der Waals surface area contributed by atoms with Crippen molar-refractivity contribution in [1.29, 1.82) is 0 Å². The molecule has 0 spiro atoms. The van der Waals surface area contributed by atoms with Crippen molar-refractivity contribution in [2.75, 3.05) is 26.0 Å². The molecule has 0 bridgehead atoms. The third-order valence-corrected chi connectivity index (χ3v) is 4.56. The minimum atomic E-state index is -3.20. The number of rotatable bonds is 2. The maximum atomic E-state index is 11.6. The van der Waals surface area contributed by atoms with Gasteiger partial charge in [-0.2, -0.15) is 4.31 Å². The van der Waals surface area contributed by atoms with Gasteiger partial charge in [-0.05, 0) is 6.92 Å². The zero-order valence-electron chi connectivity index (χ0n) is 9.21. The van der Waals surface area contributed by atoms with Crippen LogP contribution in [0.15, 0.2) is 5.38 Å². The largest absolute Gasteiger partial charge is 0.378 e. The van der Waals surface area contributed by atoms with E-state index in [0.29, 0.717) is 19.8 Å². The van der Waals surface area contributed by atoms with Gasteiger partial charge in [0.2, 0.25) is 10.0 Å². The van der Waals surface area contributed by atoms with Crippen molar-refractivity contribution in [2.45, 2.75) is 13.0 Å². The lowest BCUT2D eigenvalue weighted by Gasteiger charge is -2.32. The maximum Gasteiger partial charge on any atom is 0.211 e. The number of hydrogen-bond acceptors (Lipinski definition) is 5. The molecule has 1 aromatic rings. The van der Waals surface area contributed by atoms with E-state index in [1.54, 1.807) is 0 Å². The molecular weight excluding hydrogens is 248 g/mol. The van der Waals surface area contributed by atoms with Crippen molar-refractivity contribution in [3.8, 4) is 0 Å². The molecule has 5 nitrogen and oxygen atoms in total. The Bertz CT molecular complexity index is 469. The number of ether oxygens (including phenoxy) is 1. The van der Waals surface area contributed by atoms with Gasteiger partial charge in [0.25, 0.3) is 0 Å². The monoisotopic (exact) mass is 262 g/mol. The van der Waals surface area contributed by atoms with Crippen molar-refractivity contribution >= 4 is 21.4 Å². The standard InChI is InChI=1S/C9H14N2O3S2/c1-7-10-8(6-15-7)9-5-14-4-3-11(9)16(2,12)13/h6,9H,3-5H2,1-2H3. The molecule has 0 N–H and O–H groups in total. The molecule has 2 heterocycles. The predicted molar refractivity (Wildman–Crippen MR) is 62.0 cm³/mol. The molecule has 0 radical (unpaired) electrons. The average molecular weight is 262 g/mol. The lowest BCUT2D eigenvalue weighted by Crippen LogP contribution is -2.42. The number of aromatic nitrogens is 1. The van der Waals surface area contributed by atoms with E-state index in [1.807, 2.05) is 12.3 Å². The molecule has 1 atom stereocenters. The van der Waals surface area contributed by atoms with Gasteiger partial charge in [-0.1, -0.05) is 0 Å². The van der Waals surface area contributed by atoms with Crippen molar-refractivity contribution in [3.05, 3.63) is 16.1 Å². The summed E-state index contributed by atoms with van der Waals surface area (Å²) in [6, 6.07) is -0.270. The molecule has 1 aliphatic rings.